The summed E-state index contributed by atoms with van der Waals surface area (Å²) in [6, 6.07) is 4.74. The second-order valence-corrected chi connectivity index (χ2v) is 2.33. The molecule has 0 saturated heterocycles. The summed E-state index contributed by atoms with van der Waals surface area (Å²) in [6.07, 6.45) is 1.74. The Morgan fingerprint density at radius 3 is 2.75 bits per heavy atom. The highest BCUT2D eigenvalue weighted by atomic mass is 16.6. The van der Waals surface area contributed by atoms with Gasteiger partial charge in [0.2, 0.25) is 0 Å². The lowest BCUT2D eigenvalue weighted by atomic mass is 10.1. The monoisotopic (exact) mass is 165 g/mol. The van der Waals surface area contributed by atoms with Crippen LogP contribution in [0.25, 0.3) is 0 Å². The van der Waals surface area contributed by atoms with Gasteiger partial charge in [0, 0.05) is 6.07 Å². The predicted molar refractivity (Wildman–Crippen MR) is 46.6 cm³/mol. The first-order valence-corrected chi connectivity index (χ1v) is 3.49. The van der Waals surface area contributed by atoms with Crippen LogP contribution in [-0.2, 0) is 0 Å². The van der Waals surface area contributed by atoms with Gasteiger partial charge in [-0.25, -0.2) is 0 Å². The third-order valence-corrected chi connectivity index (χ3v) is 1.62. The van der Waals surface area contributed by atoms with Crippen LogP contribution in [0.15, 0.2) is 18.2 Å². The summed E-state index contributed by atoms with van der Waals surface area (Å²) in [6.45, 7) is 1.79. The molecule has 4 nitrogen and oxygen atoms in total. The van der Waals surface area contributed by atoms with Crippen LogP contribution < -0.4 is 5.73 Å². The van der Waals surface area contributed by atoms with Crippen LogP contribution in [0.1, 0.15) is 12.5 Å². The van der Waals surface area contributed by atoms with Crippen molar-refractivity contribution in [3.63, 3.8) is 0 Å². The number of hydrogen-bond donors (Lipinski definition) is 1. The minimum Gasteiger partial charge on any atom is -0.393 e. The normalized spacial score (nSPS) is 9.75. The number of benzene rings is 1. The molecule has 0 aromatic heterocycles. The summed E-state index contributed by atoms with van der Waals surface area (Å²) < 4.78 is 0. The summed E-state index contributed by atoms with van der Waals surface area (Å²) in [5.74, 6) is 0. The standard InChI is InChI=1S/C8H9N2O2/c1-2-6-4-3-5-7(8(6)9)10(11)12/h2-5H,9H2,1H3. The van der Waals surface area contributed by atoms with Gasteiger partial charge in [0.25, 0.3) is 5.69 Å². The van der Waals surface area contributed by atoms with Gasteiger partial charge in [-0.2, -0.15) is 0 Å². The number of para-hydroxylation sites is 1. The van der Waals surface area contributed by atoms with Crippen molar-refractivity contribution in [1.82, 2.24) is 0 Å². The van der Waals surface area contributed by atoms with Crippen LogP contribution in [0.3, 0.4) is 0 Å². The van der Waals surface area contributed by atoms with Crippen LogP contribution >= 0.6 is 0 Å². The van der Waals surface area contributed by atoms with Crippen LogP contribution in [0.5, 0.6) is 0 Å². The predicted octanol–water partition coefficient (Wildman–Crippen LogP) is 1.75. The van der Waals surface area contributed by atoms with Crippen LogP contribution in [-0.4, -0.2) is 4.92 Å². The molecule has 0 fully saturated rings. The number of anilines is 1. The molecule has 0 aliphatic rings. The molecule has 0 heterocycles. The van der Waals surface area contributed by atoms with E-state index in [2.05, 4.69) is 0 Å². The van der Waals surface area contributed by atoms with Gasteiger partial charge in [-0.3, -0.25) is 10.1 Å². The van der Waals surface area contributed by atoms with Gasteiger partial charge in [0.1, 0.15) is 5.69 Å². The van der Waals surface area contributed by atoms with E-state index in [0.717, 1.165) is 0 Å². The van der Waals surface area contributed by atoms with E-state index in [9.17, 15) is 10.1 Å². The molecule has 0 amide bonds. The van der Waals surface area contributed by atoms with E-state index >= 15 is 0 Å². The average Bonchev–Trinajstić information content (AvgIpc) is 2.04. The molecule has 2 N–H and O–H groups in total. The van der Waals surface area contributed by atoms with Gasteiger partial charge >= 0.3 is 0 Å². The average molecular weight is 165 g/mol. The van der Waals surface area contributed by atoms with Crippen LogP contribution in [0.2, 0.25) is 0 Å². The van der Waals surface area contributed by atoms with Crippen molar-refractivity contribution < 1.29 is 4.92 Å². The largest absolute Gasteiger partial charge is 0.393 e. The maximum Gasteiger partial charge on any atom is 0.292 e. The summed E-state index contributed by atoms with van der Waals surface area (Å²) in [7, 11) is 0. The molecule has 1 radical (unpaired) electrons. The maximum atomic E-state index is 10.4. The number of rotatable bonds is 2. The summed E-state index contributed by atoms with van der Waals surface area (Å²) >= 11 is 0. The Bertz CT molecular complexity index is 310. The number of nitro benzene ring substituents is 1. The smallest absolute Gasteiger partial charge is 0.292 e. The zero-order valence-electron chi connectivity index (χ0n) is 6.65. The van der Waals surface area contributed by atoms with Crippen molar-refractivity contribution in [2.75, 3.05) is 5.73 Å². The zero-order valence-corrected chi connectivity index (χ0v) is 6.65. The number of nitrogens with zero attached hydrogens (tertiary/aromatic N) is 1. The lowest BCUT2D eigenvalue weighted by molar-refractivity contribution is -0.383. The molecule has 4 heteroatoms. The first-order chi connectivity index (χ1) is 5.66. The van der Waals surface area contributed by atoms with Gasteiger partial charge in [-0.15, -0.1) is 0 Å². The van der Waals surface area contributed by atoms with E-state index in [4.69, 9.17) is 5.73 Å². The summed E-state index contributed by atoms with van der Waals surface area (Å²) in [5, 5.41) is 10.4. The fourth-order valence-corrected chi connectivity index (χ4v) is 0.981. The topological polar surface area (TPSA) is 69.2 Å². The quantitative estimate of drug-likeness (QED) is 0.412. The number of nitrogens with two attached hydrogens (primary N) is 1. The van der Waals surface area contributed by atoms with E-state index in [1.54, 1.807) is 25.5 Å². The molecule has 1 aromatic carbocycles. The van der Waals surface area contributed by atoms with Crippen molar-refractivity contribution >= 4 is 11.4 Å². The highest BCUT2D eigenvalue weighted by molar-refractivity contribution is 5.64. The number of hydrogen-bond acceptors (Lipinski definition) is 3. The van der Waals surface area contributed by atoms with Crippen molar-refractivity contribution in [2.24, 2.45) is 0 Å². The first kappa shape index (κ1) is 8.52. The Morgan fingerprint density at radius 2 is 2.25 bits per heavy atom. The Morgan fingerprint density at radius 1 is 1.58 bits per heavy atom. The van der Waals surface area contributed by atoms with Crippen LogP contribution in [0, 0.1) is 16.5 Å². The maximum absolute atomic E-state index is 10.4. The second kappa shape index (κ2) is 3.21. The molecular weight excluding hydrogens is 156 g/mol. The molecular formula is C8H9N2O2. The molecule has 0 aliphatic carbocycles. The Kier molecular flexibility index (Phi) is 2.28. The highest BCUT2D eigenvalue weighted by Gasteiger charge is 2.12. The third kappa shape index (κ3) is 1.37. The third-order valence-electron chi connectivity index (χ3n) is 1.62. The molecule has 0 spiro atoms. The van der Waals surface area contributed by atoms with Gasteiger partial charge in [-0.1, -0.05) is 19.1 Å². The molecule has 0 aliphatic heterocycles. The van der Waals surface area contributed by atoms with Gasteiger partial charge in [-0.05, 0) is 12.0 Å². The zero-order chi connectivity index (χ0) is 9.14. The van der Waals surface area contributed by atoms with E-state index < -0.39 is 4.92 Å². The van der Waals surface area contributed by atoms with Gasteiger partial charge in [0.15, 0.2) is 0 Å². The summed E-state index contributed by atoms with van der Waals surface area (Å²) in [4.78, 5) is 9.92. The van der Waals surface area contributed by atoms with E-state index in [-0.39, 0.29) is 11.4 Å². The van der Waals surface area contributed by atoms with Gasteiger partial charge < -0.3 is 5.73 Å². The van der Waals surface area contributed by atoms with Crippen molar-refractivity contribution in [3.05, 3.63) is 40.3 Å². The first-order valence-electron chi connectivity index (χ1n) is 3.49. The van der Waals surface area contributed by atoms with E-state index in [1.165, 1.54) is 6.07 Å². The van der Waals surface area contributed by atoms with Crippen LogP contribution in [0.4, 0.5) is 11.4 Å². The molecule has 1 aromatic rings. The Balaban J connectivity index is 3.23. The summed E-state index contributed by atoms with van der Waals surface area (Å²) in [5.41, 5.74) is 6.41. The van der Waals surface area contributed by atoms with Crippen molar-refractivity contribution in [3.8, 4) is 0 Å². The molecule has 1 rings (SSSR count). The van der Waals surface area contributed by atoms with Crippen molar-refractivity contribution in [2.45, 2.75) is 6.92 Å². The Hall–Kier alpha value is -1.58. The fraction of sp³-hybridized carbons (Fsp3) is 0.125. The molecule has 0 bridgehead atoms. The van der Waals surface area contributed by atoms with Gasteiger partial charge in [0.05, 0.1) is 4.92 Å². The molecule has 63 valence electrons. The minimum atomic E-state index is -0.484. The second-order valence-electron chi connectivity index (χ2n) is 2.33. The number of nitro groups is 1. The van der Waals surface area contributed by atoms with Crippen molar-refractivity contribution in [1.29, 1.82) is 0 Å². The van der Waals surface area contributed by atoms with E-state index in [1.807, 2.05) is 0 Å². The molecule has 12 heavy (non-hydrogen) atoms. The lowest BCUT2D eigenvalue weighted by Gasteiger charge is -2.01. The highest BCUT2D eigenvalue weighted by Crippen LogP contribution is 2.25. The minimum absolute atomic E-state index is 0.0365. The number of nitrogen functional groups attached to an aromatic ring is 1. The SMILES string of the molecule is C[CH]c1cccc([N+](=O)[O-])c1N. The lowest BCUT2D eigenvalue weighted by Crippen LogP contribution is -1.98. The van der Waals surface area contributed by atoms with E-state index in [0.29, 0.717) is 5.56 Å². The molecule has 0 saturated carbocycles. The Labute approximate surface area is 70.2 Å². The molecule has 0 atom stereocenters. The molecule has 0 unspecified atom stereocenters. The fourth-order valence-electron chi connectivity index (χ4n) is 0.981.